The van der Waals surface area contributed by atoms with Gasteiger partial charge in [0.25, 0.3) is 0 Å². The summed E-state index contributed by atoms with van der Waals surface area (Å²) in [5, 5.41) is 5.61. The van der Waals surface area contributed by atoms with E-state index >= 15 is 0 Å². The Labute approximate surface area is 176 Å². The normalized spacial score (nSPS) is 16.0. The topological polar surface area (TPSA) is 85.9 Å². The van der Waals surface area contributed by atoms with Crippen molar-refractivity contribution in [3.05, 3.63) is 65.2 Å². The predicted molar refractivity (Wildman–Crippen MR) is 113 cm³/mol. The summed E-state index contributed by atoms with van der Waals surface area (Å²) in [6.07, 6.45) is -0.0698. The summed E-state index contributed by atoms with van der Waals surface area (Å²) in [6, 6.07) is 13.3. The maximum atomic E-state index is 13.0. The maximum Gasteiger partial charge on any atom is 0.338 e. The van der Waals surface area contributed by atoms with E-state index in [-0.39, 0.29) is 12.7 Å². The van der Waals surface area contributed by atoms with Gasteiger partial charge in [0, 0.05) is 5.56 Å². The molecule has 2 aromatic carbocycles. The van der Waals surface area contributed by atoms with Gasteiger partial charge in [-0.3, -0.25) is 0 Å². The summed E-state index contributed by atoms with van der Waals surface area (Å²) >= 11 is 0. The smallest absolute Gasteiger partial charge is 0.338 e. The number of esters is 1. The number of carbonyl (C=O) groups excluding carboxylic acids is 2. The van der Waals surface area contributed by atoms with Gasteiger partial charge in [0.15, 0.2) is 0 Å². The van der Waals surface area contributed by atoms with Crippen molar-refractivity contribution in [3.8, 4) is 11.5 Å². The molecule has 7 heteroatoms. The van der Waals surface area contributed by atoms with Crippen molar-refractivity contribution >= 4 is 17.7 Å². The van der Waals surface area contributed by atoms with Gasteiger partial charge in [-0.25, -0.2) is 9.59 Å². The van der Waals surface area contributed by atoms with Gasteiger partial charge >= 0.3 is 12.0 Å². The number of para-hydroxylation sites is 1. The highest BCUT2D eigenvalue weighted by Crippen LogP contribution is 2.36. The molecular weight excluding hydrogens is 384 g/mol. The molecule has 0 aliphatic carbocycles. The SMILES string of the molecule is CCOC(=O)C1=C(c2ccc(OC)cc2)NC(=O)NC1c1ccccc1OC(C)C. The van der Waals surface area contributed by atoms with Crippen molar-refractivity contribution in [1.82, 2.24) is 10.6 Å². The van der Waals surface area contributed by atoms with Gasteiger partial charge in [-0.15, -0.1) is 0 Å². The second kappa shape index (κ2) is 9.35. The molecule has 0 aromatic heterocycles. The van der Waals surface area contributed by atoms with E-state index in [0.29, 0.717) is 33.9 Å². The highest BCUT2D eigenvalue weighted by atomic mass is 16.5. The van der Waals surface area contributed by atoms with Crippen molar-refractivity contribution in [2.45, 2.75) is 32.9 Å². The third-order valence-corrected chi connectivity index (χ3v) is 4.54. The summed E-state index contributed by atoms with van der Waals surface area (Å²) in [6.45, 7) is 5.79. The van der Waals surface area contributed by atoms with Crippen LogP contribution in [0.5, 0.6) is 11.5 Å². The summed E-state index contributed by atoms with van der Waals surface area (Å²) in [4.78, 5) is 25.5. The molecule has 3 rings (SSSR count). The Morgan fingerprint density at radius 1 is 1.10 bits per heavy atom. The summed E-state index contributed by atoms with van der Waals surface area (Å²) in [5.41, 5.74) is 2.04. The van der Waals surface area contributed by atoms with E-state index in [4.69, 9.17) is 14.2 Å². The molecule has 1 aliphatic heterocycles. The molecule has 1 atom stereocenters. The minimum atomic E-state index is -0.732. The largest absolute Gasteiger partial charge is 0.497 e. The van der Waals surface area contributed by atoms with Gasteiger partial charge in [0.1, 0.15) is 11.5 Å². The minimum absolute atomic E-state index is 0.0698. The van der Waals surface area contributed by atoms with Crippen LogP contribution >= 0.6 is 0 Å². The molecule has 7 nitrogen and oxygen atoms in total. The quantitative estimate of drug-likeness (QED) is 0.678. The van der Waals surface area contributed by atoms with E-state index < -0.39 is 18.0 Å². The van der Waals surface area contributed by atoms with Gasteiger partial charge in [0.2, 0.25) is 0 Å². The number of benzene rings is 2. The van der Waals surface area contributed by atoms with E-state index in [9.17, 15) is 9.59 Å². The third-order valence-electron chi connectivity index (χ3n) is 4.54. The Hall–Kier alpha value is -3.48. The number of hydrogen-bond acceptors (Lipinski definition) is 5. The van der Waals surface area contributed by atoms with Gasteiger partial charge in [-0.05, 0) is 56.7 Å². The minimum Gasteiger partial charge on any atom is -0.497 e. The first-order chi connectivity index (χ1) is 14.4. The van der Waals surface area contributed by atoms with Crippen LogP contribution < -0.4 is 20.1 Å². The lowest BCUT2D eigenvalue weighted by Crippen LogP contribution is -2.45. The van der Waals surface area contributed by atoms with E-state index in [0.717, 1.165) is 0 Å². The number of ether oxygens (including phenoxy) is 3. The van der Waals surface area contributed by atoms with Crippen molar-refractivity contribution in [1.29, 1.82) is 0 Å². The lowest BCUT2D eigenvalue weighted by molar-refractivity contribution is -0.138. The van der Waals surface area contributed by atoms with Crippen molar-refractivity contribution < 1.29 is 23.8 Å². The second-order valence-corrected chi connectivity index (χ2v) is 6.97. The van der Waals surface area contributed by atoms with E-state index in [1.54, 1.807) is 38.3 Å². The van der Waals surface area contributed by atoms with Crippen LogP contribution in [0.1, 0.15) is 37.9 Å². The van der Waals surface area contributed by atoms with Gasteiger partial charge in [-0.1, -0.05) is 18.2 Å². The summed E-state index contributed by atoms with van der Waals surface area (Å²) < 4.78 is 16.5. The average Bonchev–Trinajstić information content (AvgIpc) is 2.73. The molecule has 2 N–H and O–H groups in total. The second-order valence-electron chi connectivity index (χ2n) is 6.97. The summed E-state index contributed by atoms with van der Waals surface area (Å²) in [7, 11) is 1.58. The van der Waals surface area contributed by atoms with Crippen LogP contribution in [0.3, 0.4) is 0 Å². The first-order valence-electron chi connectivity index (χ1n) is 9.83. The fourth-order valence-electron chi connectivity index (χ4n) is 3.29. The molecule has 1 heterocycles. The highest BCUT2D eigenvalue weighted by Gasteiger charge is 2.35. The Morgan fingerprint density at radius 2 is 1.80 bits per heavy atom. The van der Waals surface area contributed by atoms with Crippen LogP contribution in [0.25, 0.3) is 5.70 Å². The zero-order valence-corrected chi connectivity index (χ0v) is 17.5. The van der Waals surface area contributed by atoms with Gasteiger partial charge in [0.05, 0.1) is 37.1 Å². The molecule has 0 saturated heterocycles. The fraction of sp³-hybridized carbons (Fsp3) is 0.304. The van der Waals surface area contributed by atoms with Crippen molar-refractivity contribution in [3.63, 3.8) is 0 Å². The van der Waals surface area contributed by atoms with E-state index in [1.165, 1.54) is 0 Å². The van der Waals surface area contributed by atoms with Crippen LogP contribution in [-0.2, 0) is 9.53 Å². The fourth-order valence-corrected chi connectivity index (χ4v) is 3.29. The molecule has 0 fully saturated rings. The Kier molecular flexibility index (Phi) is 6.61. The molecular formula is C23H26N2O5. The van der Waals surface area contributed by atoms with Crippen molar-refractivity contribution in [2.75, 3.05) is 13.7 Å². The van der Waals surface area contributed by atoms with Crippen LogP contribution in [0, 0.1) is 0 Å². The number of urea groups is 1. The van der Waals surface area contributed by atoms with E-state index in [1.807, 2.05) is 38.1 Å². The number of rotatable bonds is 7. The Balaban J connectivity index is 2.18. The zero-order chi connectivity index (χ0) is 21.7. The lowest BCUT2D eigenvalue weighted by atomic mass is 9.92. The number of amides is 2. The molecule has 2 amide bonds. The predicted octanol–water partition coefficient (Wildman–Crippen LogP) is 3.81. The van der Waals surface area contributed by atoms with Crippen LogP contribution in [-0.4, -0.2) is 31.8 Å². The summed E-state index contributed by atoms with van der Waals surface area (Å²) in [5.74, 6) is 0.750. The van der Waals surface area contributed by atoms with Gasteiger partial charge < -0.3 is 24.8 Å². The standard InChI is InChI=1S/C23H26N2O5/c1-5-29-22(26)19-20(15-10-12-16(28-4)13-11-15)24-23(27)25-21(19)17-8-6-7-9-18(17)30-14(2)3/h6-14,21H,5H2,1-4H3,(H2,24,25,27). The first kappa shape index (κ1) is 21.2. The molecule has 30 heavy (non-hydrogen) atoms. The highest BCUT2D eigenvalue weighted by molar-refractivity contribution is 6.04. The molecule has 0 bridgehead atoms. The van der Waals surface area contributed by atoms with Crippen LogP contribution in [0.2, 0.25) is 0 Å². The Bertz CT molecular complexity index is 950. The maximum absolute atomic E-state index is 13.0. The molecule has 1 unspecified atom stereocenters. The van der Waals surface area contributed by atoms with Crippen LogP contribution in [0.4, 0.5) is 4.79 Å². The number of methoxy groups -OCH3 is 1. The number of hydrogen-bond donors (Lipinski definition) is 2. The number of carbonyl (C=O) groups is 2. The van der Waals surface area contributed by atoms with Crippen LogP contribution in [0.15, 0.2) is 54.1 Å². The molecule has 158 valence electrons. The number of nitrogens with one attached hydrogen (secondary N) is 2. The molecule has 0 radical (unpaired) electrons. The van der Waals surface area contributed by atoms with Crippen molar-refractivity contribution in [2.24, 2.45) is 0 Å². The zero-order valence-electron chi connectivity index (χ0n) is 17.5. The first-order valence-corrected chi connectivity index (χ1v) is 9.83. The molecule has 0 spiro atoms. The van der Waals surface area contributed by atoms with E-state index in [2.05, 4.69) is 10.6 Å². The monoisotopic (exact) mass is 410 g/mol. The molecule has 2 aromatic rings. The molecule has 0 saturated carbocycles. The third kappa shape index (κ3) is 4.56. The lowest BCUT2D eigenvalue weighted by Gasteiger charge is -2.30. The van der Waals surface area contributed by atoms with Gasteiger partial charge in [-0.2, -0.15) is 0 Å². The Morgan fingerprint density at radius 3 is 2.43 bits per heavy atom. The molecule has 1 aliphatic rings. The average molecular weight is 410 g/mol.